The summed E-state index contributed by atoms with van der Waals surface area (Å²) >= 11 is 14.7. The number of carbonyl (C=O) groups is 1. The first kappa shape index (κ1) is 21.5. The molecule has 0 fully saturated rings. The van der Waals surface area contributed by atoms with Crippen LogP contribution < -0.4 is 10.6 Å². The number of aryl methyl sites for hydroxylation is 2. The fourth-order valence-corrected chi connectivity index (χ4v) is 3.78. The van der Waals surface area contributed by atoms with Gasteiger partial charge in [-0.15, -0.1) is 0 Å². The molecule has 0 unspecified atom stereocenters. The molecule has 0 atom stereocenters. The highest BCUT2D eigenvalue weighted by Crippen LogP contribution is 2.27. The van der Waals surface area contributed by atoms with Crippen LogP contribution in [0.15, 0.2) is 63.5 Å². The lowest BCUT2D eigenvalue weighted by molar-refractivity contribution is 0.0978. The Balaban J connectivity index is 1.50. The van der Waals surface area contributed by atoms with Gasteiger partial charge >= 0.3 is 0 Å². The monoisotopic (exact) mass is 513 g/mol. The van der Waals surface area contributed by atoms with Crippen molar-refractivity contribution in [2.45, 2.75) is 13.8 Å². The Kier molecular flexibility index (Phi) is 6.09. The number of aromatic nitrogens is 1. The van der Waals surface area contributed by atoms with E-state index in [1.165, 1.54) is 11.1 Å². The van der Waals surface area contributed by atoms with Gasteiger partial charge in [0.15, 0.2) is 10.7 Å². The fourth-order valence-electron chi connectivity index (χ4n) is 3.01. The highest BCUT2D eigenvalue weighted by molar-refractivity contribution is 9.10. The minimum atomic E-state index is -0.400. The van der Waals surface area contributed by atoms with Gasteiger partial charge in [-0.3, -0.25) is 10.1 Å². The van der Waals surface area contributed by atoms with E-state index in [4.69, 9.17) is 28.2 Å². The highest BCUT2D eigenvalue weighted by Gasteiger charge is 2.14. The average Bonchev–Trinajstić information content (AvgIpc) is 3.15. The summed E-state index contributed by atoms with van der Waals surface area (Å²) in [7, 11) is 0. The number of nitrogens with zero attached hydrogens (tertiary/aromatic N) is 1. The van der Waals surface area contributed by atoms with Crippen molar-refractivity contribution in [2.24, 2.45) is 0 Å². The molecule has 1 aromatic heterocycles. The van der Waals surface area contributed by atoms with Gasteiger partial charge in [0.1, 0.15) is 5.52 Å². The van der Waals surface area contributed by atoms with Gasteiger partial charge in [0.2, 0.25) is 5.89 Å². The van der Waals surface area contributed by atoms with Crippen molar-refractivity contribution in [2.75, 3.05) is 5.32 Å². The molecule has 3 aromatic carbocycles. The second-order valence-corrected chi connectivity index (χ2v) is 8.76. The van der Waals surface area contributed by atoms with E-state index in [0.717, 1.165) is 10.0 Å². The molecular weight excluding hydrogens is 498 g/mol. The Hall–Kier alpha value is -2.74. The summed E-state index contributed by atoms with van der Waals surface area (Å²) in [5.41, 5.74) is 5.66. The number of hydrogen-bond donors (Lipinski definition) is 2. The Bertz CT molecular complexity index is 1340. The number of oxazole rings is 1. The SMILES string of the molecule is Cc1ccc(-c2nc3cc(NC(=S)NC(=O)c4cc(Br)ccc4Cl)ccc3o2)cc1C. The Morgan fingerprint density at radius 2 is 1.87 bits per heavy atom. The van der Waals surface area contributed by atoms with Crippen LogP contribution in [0.1, 0.15) is 21.5 Å². The summed E-state index contributed by atoms with van der Waals surface area (Å²) in [5.74, 6) is 0.152. The highest BCUT2D eigenvalue weighted by atomic mass is 79.9. The summed E-state index contributed by atoms with van der Waals surface area (Å²) in [4.78, 5) is 17.1. The maximum Gasteiger partial charge on any atom is 0.258 e. The Labute approximate surface area is 197 Å². The number of hydrogen-bond acceptors (Lipinski definition) is 4. The van der Waals surface area contributed by atoms with Gasteiger partial charge in [0.25, 0.3) is 5.91 Å². The zero-order valence-electron chi connectivity index (χ0n) is 16.6. The van der Waals surface area contributed by atoms with Crippen LogP contribution in [0.25, 0.3) is 22.6 Å². The maximum absolute atomic E-state index is 12.5. The number of thiocarbonyl (C=S) groups is 1. The molecule has 2 N–H and O–H groups in total. The minimum Gasteiger partial charge on any atom is -0.436 e. The standard InChI is InChI=1S/C23H17BrClN3O2S/c1-12-3-4-14(9-13(12)2)22-27-19-11-16(6-8-20(19)30-22)26-23(31)28-21(29)17-10-15(24)5-7-18(17)25/h3-11H,1-2H3,(H2,26,28,29,31). The third-order valence-corrected chi connectivity index (χ3v) is 5.83. The van der Waals surface area contributed by atoms with Crippen molar-refractivity contribution < 1.29 is 9.21 Å². The summed E-state index contributed by atoms with van der Waals surface area (Å²) < 4.78 is 6.64. The van der Waals surface area contributed by atoms with E-state index >= 15 is 0 Å². The minimum absolute atomic E-state index is 0.151. The molecule has 156 valence electrons. The van der Waals surface area contributed by atoms with E-state index in [9.17, 15) is 4.79 Å². The van der Waals surface area contributed by atoms with E-state index in [-0.39, 0.29) is 5.11 Å². The van der Waals surface area contributed by atoms with Gasteiger partial charge in [-0.2, -0.15) is 0 Å². The number of amides is 1. The number of benzene rings is 3. The largest absolute Gasteiger partial charge is 0.436 e. The number of fused-ring (bicyclic) bond motifs is 1. The molecule has 5 nitrogen and oxygen atoms in total. The third-order valence-electron chi connectivity index (χ3n) is 4.80. The van der Waals surface area contributed by atoms with Crippen LogP contribution >= 0.6 is 39.7 Å². The smallest absolute Gasteiger partial charge is 0.258 e. The molecule has 4 rings (SSSR count). The molecule has 0 bridgehead atoms. The van der Waals surface area contributed by atoms with Crippen molar-refractivity contribution in [1.29, 1.82) is 0 Å². The first-order valence-electron chi connectivity index (χ1n) is 9.36. The average molecular weight is 515 g/mol. The van der Waals surface area contributed by atoms with E-state index in [1.54, 1.807) is 18.2 Å². The topological polar surface area (TPSA) is 67.2 Å². The van der Waals surface area contributed by atoms with Crippen LogP contribution in [-0.4, -0.2) is 16.0 Å². The molecule has 0 saturated carbocycles. The van der Waals surface area contributed by atoms with Crippen LogP contribution in [-0.2, 0) is 0 Å². The van der Waals surface area contributed by atoms with Crippen molar-refractivity contribution >= 4 is 67.6 Å². The molecule has 1 amide bonds. The number of rotatable bonds is 3. The fraction of sp³-hybridized carbons (Fsp3) is 0.0870. The van der Waals surface area contributed by atoms with E-state index in [1.807, 2.05) is 30.3 Å². The molecule has 0 radical (unpaired) electrons. The van der Waals surface area contributed by atoms with E-state index in [0.29, 0.717) is 33.3 Å². The summed E-state index contributed by atoms with van der Waals surface area (Å²) in [6, 6.07) is 16.6. The van der Waals surface area contributed by atoms with Gasteiger partial charge < -0.3 is 9.73 Å². The van der Waals surface area contributed by atoms with Crippen LogP contribution in [0.2, 0.25) is 5.02 Å². The van der Waals surface area contributed by atoms with Crippen molar-refractivity contribution in [1.82, 2.24) is 10.3 Å². The van der Waals surface area contributed by atoms with Gasteiger partial charge in [-0.1, -0.05) is 33.6 Å². The van der Waals surface area contributed by atoms with Crippen LogP contribution in [0.5, 0.6) is 0 Å². The van der Waals surface area contributed by atoms with Crippen molar-refractivity contribution in [3.63, 3.8) is 0 Å². The second kappa shape index (κ2) is 8.78. The number of carbonyl (C=O) groups excluding carboxylic acids is 1. The predicted molar refractivity (Wildman–Crippen MR) is 132 cm³/mol. The molecule has 0 saturated heterocycles. The molecule has 0 aliphatic rings. The maximum atomic E-state index is 12.5. The lowest BCUT2D eigenvalue weighted by atomic mass is 10.1. The summed E-state index contributed by atoms with van der Waals surface area (Å²) in [6.45, 7) is 4.12. The Morgan fingerprint density at radius 3 is 2.65 bits per heavy atom. The molecule has 31 heavy (non-hydrogen) atoms. The van der Waals surface area contributed by atoms with Crippen LogP contribution in [0, 0.1) is 13.8 Å². The first-order chi connectivity index (χ1) is 14.8. The lowest BCUT2D eigenvalue weighted by Crippen LogP contribution is -2.34. The molecule has 4 aromatic rings. The van der Waals surface area contributed by atoms with Crippen LogP contribution in [0.4, 0.5) is 5.69 Å². The number of halogens is 2. The normalized spacial score (nSPS) is 10.8. The number of anilines is 1. The predicted octanol–water partition coefficient (Wildman–Crippen LogP) is 6.65. The van der Waals surface area contributed by atoms with E-state index in [2.05, 4.69) is 51.5 Å². The summed E-state index contributed by atoms with van der Waals surface area (Å²) in [6.07, 6.45) is 0. The molecule has 0 aliphatic heterocycles. The molecular formula is C23H17BrClN3O2S. The third kappa shape index (κ3) is 4.79. The summed E-state index contributed by atoms with van der Waals surface area (Å²) in [5, 5.41) is 6.12. The van der Waals surface area contributed by atoms with Crippen molar-refractivity contribution in [3.05, 3.63) is 80.8 Å². The van der Waals surface area contributed by atoms with E-state index < -0.39 is 5.91 Å². The van der Waals surface area contributed by atoms with Gasteiger partial charge in [0, 0.05) is 15.7 Å². The zero-order valence-corrected chi connectivity index (χ0v) is 19.8. The lowest BCUT2D eigenvalue weighted by Gasteiger charge is -2.10. The Morgan fingerprint density at radius 1 is 1.06 bits per heavy atom. The second-order valence-electron chi connectivity index (χ2n) is 7.03. The van der Waals surface area contributed by atoms with Gasteiger partial charge in [-0.25, -0.2) is 4.98 Å². The van der Waals surface area contributed by atoms with Gasteiger partial charge in [0.05, 0.1) is 10.6 Å². The molecule has 0 aliphatic carbocycles. The quantitative estimate of drug-likeness (QED) is 0.299. The molecule has 1 heterocycles. The zero-order chi connectivity index (χ0) is 22.1. The molecule has 0 spiro atoms. The van der Waals surface area contributed by atoms with Crippen LogP contribution in [0.3, 0.4) is 0 Å². The first-order valence-corrected chi connectivity index (χ1v) is 10.9. The molecule has 8 heteroatoms. The van der Waals surface area contributed by atoms with Crippen molar-refractivity contribution in [3.8, 4) is 11.5 Å². The number of nitrogens with one attached hydrogen (secondary N) is 2. The van der Waals surface area contributed by atoms with Gasteiger partial charge in [-0.05, 0) is 85.7 Å².